The van der Waals surface area contributed by atoms with Crippen LogP contribution in [0.5, 0.6) is 0 Å². The first kappa shape index (κ1) is 21.0. The first-order valence-electron chi connectivity index (χ1n) is 8.71. The number of anilines is 1. The van der Waals surface area contributed by atoms with E-state index in [9.17, 15) is 22.8 Å². The Hall–Kier alpha value is -2.29. The van der Waals surface area contributed by atoms with Crippen molar-refractivity contribution >= 4 is 17.6 Å². The second-order valence-electron chi connectivity index (χ2n) is 6.92. The molecule has 0 aromatic heterocycles. The summed E-state index contributed by atoms with van der Waals surface area (Å²) in [6.07, 6.45) is -2.96. The maximum absolute atomic E-state index is 12.7. The number of halogens is 3. The van der Waals surface area contributed by atoms with Crippen molar-refractivity contribution in [1.29, 1.82) is 0 Å². The minimum atomic E-state index is -4.45. The molecule has 0 unspecified atom stereocenters. The van der Waals surface area contributed by atoms with Crippen LogP contribution in [-0.2, 0) is 11.0 Å². The van der Waals surface area contributed by atoms with Gasteiger partial charge in [0.1, 0.15) is 0 Å². The molecule has 1 saturated heterocycles. The summed E-state index contributed by atoms with van der Waals surface area (Å²) in [6.45, 7) is 1.39. The van der Waals surface area contributed by atoms with E-state index in [1.54, 1.807) is 26.0 Å². The van der Waals surface area contributed by atoms with Crippen LogP contribution in [0.2, 0.25) is 0 Å². The molecule has 1 fully saturated rings. The van der Waals surface area contributed by atoms with E-state index in [2.05, 4.69) is 5.32 Å². The number of amides is 3. The fourth-order valence-electron chi connectivity index (χ4n) is 3.11. The Morgan fingerprint density at radius 2 is 1.81 bits per heavy atom. The van der Waals surface area contributed by atoms with Crippen LogP contribution < -0.4 is 5.32 Å². The molecule has 150 valence electrons. The zero-order valence-electron chi connectivity index (χ0n) is 15.7. The zero-order chi connectivity index (χ0) is 20.2. The Kier molecular flexibility index (Phi) is 6.69. The van der Waals surface area contributed by atoms with Crippen molar-refractivity contribution in [3.8, 4) is 0 Å². The summed E-state index contributed by atoms with van der Waals surface area (Å²) in [6, 6.07) is 4.64. The number of nitrogens with zero attached hydrogens (tertiary/aromatic N) is 3. The van der Waals surface area contributed by atoms with E-state index in [0.717, 1.165) is 25.0 Å². The molecular weight excluding hydrogens is 361 g/mol. The Morgan fingerprint density at radius 3 is 2.37 bits per heavy atom. The number of carbonyl (C=O) groups excluding carboxylic acids is 2. The Morgan fingerprint density at radius 1 is 1.19 bits per heavy atom. The minimum Gasteiger partial charge on any atom is -0.331 e. The summed E-state index contributed by atoms with van der Waals surface area (Å²) in [4.78, 5) is 29.3. The summed E-state index contributed by atoms with van der Waals surface area (Å²) < 4.78 is 38.2. The molecule has 1 heterocycles. The van der Waals surface area contributed by atoms with Gasteiger partial charge in [0.05, 0.1) is 12.1 Å². The molecule has 1 N–H and O–H groups in total. The Labute approximate surface area is 156 Å². The lowest BCUT2D eigenvalue weighted by molar-refractivity contribution is -0.137. The molecule has 0 saturated carbocycles. The topological polar surface area (TPSA) is 55.9 Å². The molecule has 3 amide bonds. The summed E-state index contributed by atoms with van der Waals surface area (Å²) in [5.74, 6) is -0.356. The number of hydrogen-bond acceptors (Lipinski definition) is 3. The lowest BCUT2D eigenvalue weighted by Crippen LogP contribution is -2.49. The normalized spacial score (nSPS) is 16.1. The van der Waals surface area contributed by atoms with Crippen molar-refractivity contribution in [2.75, 3.05) is 46.1 Å². The molecule has 0 spiro atoms. The quantitative estimate of drug-likeness (QED) is 0.866. The number of rotatable bonds is 4. The van der Waals surface area contributed by atoms with E-state index in [0.29, 0.717) is 13.1 Å². The standard InChI is InChI=1S/C18H25F3N4O2/c1-23(2)17(27)24(3)15-7-9-25(10-8-15)12-16(26)22-14-6-4-5-13(11-14)18(19,20)21/h4-6,11,15H,7-10,12H2,1-3H3,(H,22,26). The predicted octanol–water partition coefficient (Wildman–Crippen LogP) is 2.72. The number of benzene rings is 1. The van der Waals surface area contributed by atoms with Crippen LogP contribution >= 0.6 is 0 Å². The highest BCUT2D eigenvalue weighted by molar-refractivity contribution is 5.92. The van der Waals surface area contributed by atoms with Crippen LogP contribution in [0.15, 0.2) is 24.3 Å². The smallest absolute Gasteiger partial charge is 0.331 e. The molecule has 0 radical (unpaired) electrons. The van der Waals surface area contributed by atoms with Gasteiger partial charge >= 0.3 is 12.2 Å². The average Bonchev–Trinajstić information content (AvgIpc) is 2.60. The molecule has 1 aliphatic heterocycles. The van der Waals surface area contributed by atoms with Gasteiger partial charge in [0.2, 0.25) is 5.91 Å². The second kappa shape index (κ2) is 8.60. The second-order valence-corrected chi connectivity index (χ2v) is 6.92. The molecule has 9 heteroatoms. The van der Waals surface area contributed by atoms with E-state index in [1.807, 2.05) is 4.90 Å². The average molecular weight is 386 g/mol. The van der Waals surface area contributed by atoms with Gasteiger partial charge in [-0.2, -0.15) is 13.2 Å². The highest BCUT2D eigenvalue weighted by atomic mass is 19.4. The number of hydrogen-bond donors (Lipinski definition) is 1. The number of nitrogens with one attached hydrogen (secondary N) is 1. The van der Waals surface area contributed by atoms with Crippen LogP contribution in [0.3, 0.4) is 0 Å². The first-order valence-corrected chi connectivity index (χ1v) is 8.71. The highest BCUT2D eigenvalue weighted by Crippen LogP contribution is 2.30. The van der Waals surface area contributed by atoms with Crippen molar-refractivity contribution in [3.05, 3.63) is 29.8 Å². The third kappa shape index (κ3) is 5.85. The van der Waals surface area contributed by atoms with Crippen molar-refractivity contribution in [1.82, 2.24) is 14.7 Å². The van der Waals surface area contributed by atoms with Gasteiger partial charge < -0.3 is 15.1 Å². The van der Waals surface area contributed by atoms with Crippen LogP contribution in [0.1, 0.15) is 18.4 Å². The van der Waals surface area contributed by atoms with E-state index < -0.39 is 11.7 Å². The number of likely N-dealkylation sites (tertiary alicyclic amines) is 1. The molecule has 1 aromatic rings. The molecule has 0 atom stereocenters. The fraction of sp³-hybridized carbons (Fsp3) is 0.556. The maximum atomic E-state index is 12.7. The Balaban J connectivity index is 1.84. The van der Waals surface area contributed by atoms with Crippen molar-refractivity contribution in [3.63, 3.8) is 0 Å². The third-order valence-electron chi connectivity index (χ3n) is 4.63. The number of piperidine rings is 1. The number of urea groups is 1. The van der Waals surface area contributed by atoms with Crippen molar-refractivity contribution < 1.29 is 22.8 Å². The molecular formula is C18H25F3N4O2. The van der Waals surface area contributed by atoms with Gasteiger partial charge in [-0.25, -0.2) is 4.79 Å². The van der Waals surface area contributed by atoms with E-state index >= 15 is 0 Å². The van der Waals surface area contributed by atoms with Crippen LogP contribution in [-0.4, -0.2) is 73.5 Å². The van der Waals surface area contributed by atoms with Crippen molar-refractivity contribution in [2.24, 2.45) is 0 Å². The number of carbonyl (C=O) groups is 2. The summed E-state index contributed by atoms with van der Waals surface area (Å²) >= 11 is 0. The summed E-state index contributed by atoms with van der Waals surface area (Å²) in [5, 5.41) is 2.52. The van der Waals surface area contributed by atoms with E-state index in [1.165, 1.54) is 17.0 Å². The van der Waals surface area contributed by atoms with Gasteiger partial charge in [-0.15, -0.1) is 0 Å². The monoisotopic (exact) mass is 386 g/mol. The van der Waals surface area contributed by atoms with Crippen molar-refractivity contribution in [2.45, 2.75) is 25.1 Å². The van der Waals surface area contributed by atoms with Gasteiger partial charge in [-0.05, 0) is 31.0 Å². The summed E-state index contributed by atoms with van der Waals surface area (Å²) in [7, 11) is 5.17. The van der Waals surface area contributed by atoms with Crippen LogP contribution in [0.4, 0.5) is 23.7 Å². The molecule has 0 bridgehead atoms. The molecule has 1 aromatic carbocycles. The fourth-order valence-corrected chi connectivity index (χ4v) is 3.11. The summed E-state index contributed by atoms with van der Waals surface area (Å²) in [5.41, 5.74) is -0.671. The first-order chi connectivity index (χ1) is 12.6. The van der Waals surface area contributed by atoms with E-state index in [4.69, 9.17) is 0 Å². The van der Waals surface area contributed by atoms with Gasteiger partial charge in [-0.3, -0.25) is 9.69 Å². The van der Waals surface area contributed by atoms with Gasteiger partial charge in [0.25, 0.3) is 0 Å². The number of alkyl halides is 3. The highest BCUT2D eigenvalue weighted by Gasteiger charge is 2.31. The predicted molar refractivity (Wildman–Crippen MR) is 96.4 cm³/mol. The third-order valence-corrected chi connectivity index (χ3v) is 4.63. The lowest BCUT2D eigenvalue weighted by Gasteiger charge is -2.37. The minimum absolute atomic E-state index is 0.0595. The molecule has 2 rings (SSSR count). The maximum Gasteiger partial charge on any atom is 0.416 e. The molecule has 0 aliphatic carbocycles. The van der Waals surface area contributed by atoms with Gasteiger partial charge in [-0.1, -0.05) is 6.07 Å². The Bertz CT molecular complexity index is 671. The lowest BCUT2D eigenvalue weighted by atomic mass is 10.0. The van der Waals surface area contributed by atoms with Gasteiger partial charge in [0.15, 0.2) is 0 Å². The largest absolute Gasteiger partial charge is 0.416 e. The molecule has 27 heavy (non-hydrogen) atoms. The van der Waals surface area contributed by atoms with E-state index in [-0.39, 0.29) is 30.2 Å². The molecule has 6 nitrogen and oxygen atoms in total. The SMILES string of the molecule is CN(C)C(=O)N(C)C1CCN(CC(=O)Nc2cccc(C(F)(F)F)c2)CC1. The zero-order valence-corrected chi connectivity index (χ0v) is 15.7. The molecule has 1 aliphatic rings. The van der Waals surface area contributed by atoms with Gasteiger partial charge in [0, 0.05) is 46.0 Å². The van der Waals surface area contributed by atoms with Crippen LogP contribution in [0, 0.1) is 0 Å². The van der Waals surface area contributed by atoms with Crippen LogP contribution in [0.25, 0.3) is 0 Å².